The summed E-state index contributed by atoms with van der Waals surface area (Å²) in [5, 5.41) is 6.25. The van der Waals surface area contributed by atoms with Crippen LogP contribution in [0.15, 0.2) is 133 Å². The van der Waals surface area contributed by atoms with Crippen LogP contribution in [0.3, 0.4) is 0 Å². The third-order valence-electron chi connectivity index (χ3n) is 14.1. The number of hydrogen-bond donors (Lipinski definition) is 0. The molecule has 0 aromatic heterocycles. The van der Waals surface area contributed by atoms with Crippen molar-refractivity contribution < 1.29 is 19.2 Å². The molecule has 9 aromatic rings. The number of hydrogen-bond acceptors (Lipinski definition) is 4. The van der Waals surface area contributed by atoms with Gasteiger partial charge in [-0.15, -0.1) is 0 Å². The number of amides is 4. The van der Waals surface area contributed by atoms with E-state index >= 15 is 19.2 Å². The van der Waals surface area contributed by atoms with Crippen LogP contribution in [0.1, 0.15) is 143 Å². The molecule has 0 saturated heterocycles. The topological polar surface area (TPSA) is 74.8 Å². The molecule has 4 amide bonds. The van der Waals surface area contributed by atoms with Crippen molar-refractivity contribution in [3.05, 3.63) is 178 Å². The zero-order valence-electron chi connectivity index (χ0n) is 38.5. The van der Waals surface area contributed by atoms with Crippen molar-refractivity contribution >= 4 is 78.1 Å². The lowest BCUT2D eigenvalue weighted by Gasteiger charge is -2.34. The number of para-hydroxylation sites is 2. The highest BCUT2D eigenvalue weighted by Crippen LogP contribution is 2.53. The minimum atomic E-state index is -0.360. The first-order chi connectivity index (χ1) is 31.8. The van der Waals surface area contributed by atoms with E-state index in [1.807, 2.05) is 109 Å². The van der Waals surface area contributed by atoms with Crippen LogP contribution < -0.4 is 9.80 Å². The lowest BCUT2D eigenvalue weighted by molar-refractivity contribution is 0.0877. The normalized spacial score (nSPS) is 14.1. The Morgan fingerprint density at radius 3 is 0.939 bits per heavy atom. The predicted octanol–water partition coefficient (Wildman–Crippen LogP) is 15.2. The number of benzene rings is 9. The van der Waals surface area contributed by atoms with Gasteiger partial charge in [0, 0.05) is 33.0 Å². The lowest BCUT2D eigenvalue weighted by Crippen LogP contribution is -2.42. The van der Waals surface area contributed by atoms with E-state index in [2.05, 4.69) is 79.7 Å². The van der Waals surface area contributed by atoms with Gasteiger partial charge in [0.15, 0.2) is 0 Å². The first-order valence-corrected chi connectivity index (χ1v) is 23.2. The molecule has 0 aliphatic carbocycles. The molecular formula is C60H50N2O4. The zero-order valence-corrected chi connectivity index (χ0v) is 38.5. The maximum absolute atomic E-state index is 15.5. The molecule has 0 fully saturated rings. The van der Waals surface area contributed by atoms with Gasteiger partial charge in [0.05, 0.1) is 11.4 Å². The van der Waals surface area contributed by atoms with Crippen LogP contribution in [-0.2, 0) is 0 Å². The molecule has 0 bridgehead atoms. The van der Waals surface area contributed by atoms with Gasteiger partial charge in [0.1, 0.15) is 0 Å². The van der Waals surface area contributed by atoms with Crippen LogP contribution in [-0.4, -0.2) is 23.6 Å². The van der Waals surface area contributed by atoms with E-state index in [4.69, 9.17) is 0 Å². The molecule has 11 rings (SSSR count). The first-order valence-electron chi connectivity index (χ1n) is 23.2. The van der Waals surface area contributed by atoms with E-state index in [1.54, 1.807) is 0 Å². The molecule has 66 heavy (non-hydrogen) atoms. The number of carbonyl (C=O) groups is 4. The number of imide groups is 2. The van der Waals surface area contributed by atoms with E-state index in [1.165, 1.54) is 9.80 Å². The van der Waals surface area contributed by atoms with Crippen LogP contribution in [0.25, 0.3) is 65.3 Å². The monoisotopic (exact) mass is 862 g/mol. The third kappa shape index (κ3) is 5.73. The number of carbonyl (C=O) groups excluding carboxylic acids is 4. The molecule has 324 valence electrons. The first kappa shape index (κ1) is 41.3. The van der Waals surface area contributed by atoms with E-state index in [-0.39, 0.29) is 47.3 Å². The second-order valence-electron chi connectivity index (χ2n) is 19.3. The van der Waals surface area contributed by atoms with Crippen molar-refractivity contribution in [2.24, 2.45) is 0 Å². The third-order valence-corrected chi connectivity index (χ3v) is 14.1. The van der Waals surface area contributed by atoms with Crippen LogP contribution in [0, 0.1) is 0 Å². The van der Waals surface area contributed by atoms with E-state index in [0.29, 0.717) is 44.4 Å². The average Bonchev–Trinajstić information content (AvgIpc) is 3.32. The van der Waals surface area contributed by atoms with Crippen LogP contribution >= 0.6 is 0 Å². The number of anilines is 2. The fraction of sp³-hybridized carbons (Fsp3) is 0.200. The summed E-state index contributed by atoms with van der Waals surface area (Å²) < 4.78 is 0. The molecule has 0 spiro atoms. The smallest absolute Gasteiger partial charge is 0.266 e. The molecule has 2 aliphatic heterocycles. The highest BCUT2D eigenvalue weighted by Gasteiger charge is 2.42. The van der Waals surface area contributed by atoms with Gasteiger partial charge < -0.3 is 0 Å². The maximum Gasteiger partial charge on any atom is 0.266 e. The summed E-state index contributed by atoms with van der Waals surface area (Å²) in [5.41, 5.74) is 10.4. The molecule has 0 radical (unpaired) electrons. The van der Waals surface area contributed by atoms with Crippen molar-refractivity contribution in [3.63, 3.8) is 0 Å². The maximum atomic E-state index is 15.5. The van der Waals surface area contributed by atoms with Gasteiger partial charge in [0.25, 0.3) is 23.6 Å². The molecule has 6 nitrogen and oxygen atoms in total. The van der Waals surface area contributed by atoms with Gasteiger partial charge in [-0.25, -0.2) is 9.80 Å². The van der Waals surface area contributed by atoms with Crippen LogP contribution in [0.5, 0.6) is 0 Å². The summed E-state index contributed by atoms with van der Waals surface area (Å²) in [6.07, 6.45) is 0. The second kappa shape index (κ2) is 15.1. The standard InChI is InChI=1S/C60H50N2O4/c1-31(2)37-21-15-22-38(32(3)4)55(37)61-57(63)43-27-25-41-50-46(36-19-13-10-14-20-36)30-48-52-44(58(64)62(60(48)66)56-39(33(5)6)23-16-24-40(56)34(7)8)28-26-42(54(50)52)49-45(35-17-11-9-12-18-35)29-47(59(61)65)51(43)53(41)49/h9-34H,1-8H3. The van der Waals surface area contributed by atoms with Gasteiger partial charge in [-0.3, -0.25) is 19.2 Å². The predicted molar refractivity (Wildman–Crippen MR) is 270 cm³/mol. The van der Waals surface area contributed by atoms with E-state index < -0.39 is 0 Å². The van der Waals surface area contributed by atoms with E-state index in [9.17, 15) is 0 Å². The molecule has 0 atom stereocenters. The molecular weight excluding hydrogens is 813 g/mol. The summed E-state index contributed by atoms with van der Waals surface area (Å²) in [6.45, 7) is 16.8. The summed E-state index contributed by atoms with van der Waals surface area (Å²) in [6, 6.07) is 44.0. The summed E-state index contributed by atoms with van der Waals surface area (Å²) in [4.78, 5) is 64.5. The number of nitrogens with zero attached hydrogens (tertiary/aromatic N) is 2. The van der Waals surface area contributed by atoms with Gasteiger partial charge >= 0.3 is 0 Å². The summed E-state index contributed by atoms with van der Waals surface area (Å²) in [5.74, 6) is -1.21. The fourth-order valence-electron chi connectivity index (χ4n) is 11.1. The molecule has 2 aliphatic rings. The van der Waals surface area contributed by atoms with Crippen molar-refractivity contribution in [1.29, 1.82) is 0 Å². The Bertz CT molecular complexity index is 3270. The SMILES string of the molecule is CC(C)c1cccc(C(C)C)c1N1C(=O)c2ccc3c4c(-c5ccccc5)cc5c6c(ccc(c7c(-c8ccccc8)cc(c2c37)C1=O)c64)C(=O)N(c1c(C(C)C)cccc1C(C)C)C5=O. The van der Waals surface area contributed by atoms with Gasteiger partial charge in [-0.1, -0.05) is 165 Å². The quantitative estimate of drug-likeness (QED) is 0.0866. The van der Waals surface area contributed by atoms with Gasteiger partial charge in [-0.05, 0) is 125 Å². The van der Waals surface area contributed by atoms with E-state index in [0.717, 1.165) is 76.8 Å². The molecule has 2 heterocycles. The number of fused-ring (bicyclic) bond motifs is 2. The molecule has 0 unspecified atom stereocenters. The molecule has 0 saturated carbocycles. The van der Waals surface area contributed by atoms with Crippen molar-refractivity contribution in [2.75, 3.05) is 9.80 Å². The second-order valence-corrected chi connectivity index (χ2v) is 19.3. The Kier molecular flexibility index (Phi) is 9.42. The minimum absolute atomic E-state index is 0.0546. The Labute approximate surface area is 384 Å². The molecule has 0 N–H and O–H groups in total. The zero-order chi connectivity index (χ0) is 46.0. The number of rotatable bonds is 8. The van der Waals surface area contributed by atoms with Crippen molar-refractivity contribution in [2.45, 2.75) is 79.1 Å². The summed E-state index contributed by atoms with van der Waals surface area (Å²) >= 11 is 0. The lowest BCUT2D eigenvalue weighted by atomic mass is 9.77. The van der Waals surface area contributed by atoms with Gasteiger partial charge in [0.2, 0.25) is 0 Å². The van der Waals surface area contributed by atoms with Crippen LogP contribution in [0.4, 0.5) is 11.4 Å². The Balaban J connectivity index is 1.29. The summed E-state index contributed by atoms with van der Waals surface area (Å²) in [7, 11) is 0. The molecule has 6 heteroatoms. The van der Waals surface area contributed by atoms with Crippen LogP contribution in [0.2, 0.25) is 0 Å². The fourth-order valence-corrected chi connectivity index (χ4v) is 11.1. The highest BCUT2D eigenvalue weighted by atomic mass is 16.2. The Morgan fingerprint density at radius 2 is 0.621 bits per heavy atom. The van der Waals surface area contributed by atoms with Gasteiger partial charge in [-0.2, -0.15) is 0 Å². The average molecular weight is 863 g/mol. The van der Waals surface area contributed by atoms with Crippen molar-refractivity contribution in [3.8, 4) is 22.3 Å². The Hall–Kier alpha value is -7.44. The largest absolute Gasteiger partial charge is 0.268 e. The highest BCUT2D eigenvalue weighted by molar-refractivity contribution is 6.48. The molecule has 9 aromatic carbocycles. The minimum Gasteiger partial charge on any atom is -0.268 e. The van der Waals surface area contributed by atoms with Crippen molar-refractivity contribution in [1.82, 2.24) is 0 Å². The Morgan fingerprint density at radius 1 is 0.303 bits per heavy atom.